The van der Waals surface area contributed by atoms with E-state index in [9.17, 15) is 0 Å². The highest BCUT2D eigenvalue weighted by Crippen LogP contribution is 2.21. The van der Waals surface area contributed by atoms with Gasteiger partial charge in [0.05, 0.1) is 0 Å². The Morgan fingerprint density at radius 2 is 2.18 bits per heavy atom. The number of nitrogens with one attached hydrogen (secondary N) is 1. The second kappa shape index (κ2) is 3.55. The minimum Gasteiger partial charge on any atom is -0.316 e. The molecule has 0 saturated carbocycles. The summed E-state index contributed by atoms with van der Waals surface area (Å²) in [6.07, 6.45) is 5.45. The Balaban J connectivity index is 1.82. The SMILES string of the molecule is C1CCC(C2CCNC2)[N]C1. The van der Waals surface area contributed by atoms with E-state index in [0.29, 0.717) is 6.04 Å². The number of nitrogens with zero attached hydrogens (tertiary/aromatic N) is 1. The van der Waals surface area contributed by atoms with Gasteiger partial charge in [0, 0.05) is 12.6 Å². The second-order valence-corrected chi connectivity index (χ2v) is 3.72. The van der Waals surface area contributed by atoms with Gasteiger partial charge in [-0.05, 0) is 38.3 Å². The molecule has 0 aliphatic carbocycles. The molecule has 2 heterocycles. The third kappa shape index (κ3) is 1.74. The van der Waals surface area contributed by atoms with Gasteiger partial charge in [0.2, 0.25) is 0 Å². The molecule has 2 unspecified atom stereocenters. The van der Waals surface area contributed by atoms with Crippen molar-refractivity contribution in [2.45, 2.75) is 31.7 Å². The zero-order valence-corrected chi connectivity index (χ0v) is 7.05. The fourth-order valence-corrected chi connectivity index (χ4v) is 2.20. The van der Waals surface area contributed by atoms with E-state index in [-0.39, 0.29) is 0 Å². The Kier molecular flexibility index (Phi) is 2.44. The first-order valence-corrected chi connectivity index (χ1v) is 4.84. The van der Waals surface area contributed by atoms with Crippen molar-refractivity contribution in [3.8, 4) is 0 Å². The third-order valence-corrected chi connectivity index (χ3v) is 2.91. The maximum absolute atomic E-state index is 4.67. The van der Waals surface area contributed by atoms with Crippen LogP contribution in [-0.2, 0) is 0 Å². The topological polar surface area (TPSA) is 26.1 Å². The normalized spacial score (nSPS) is 39.3. The molecule has 0 aromatic heterocycles. The van der Waals surface area contributed by atoms with Crippen LogP contribution in [-0.4, -0.2) is 25.7 Å². The van der Waals surface area contributed by atoms with Crippen molar-refractivity contribution >= 4 is 0 Å². The maximum atomic E-state index is 4.67. The molecule has 1 N–H and O–H groups in total. The molecule has 2 aliphatic rings. The van der Waals surface area contributed by atoms with Gasteiger partial charge in [-0.25, -0.2) is 5.32 Å². The first-order chi connectivity index (χ1) is 5.47. The van der Waals surface area contributed by atoms with Crippen LogP contribution in [0.15, 0.2) is 0 Å². The Morgan fingerprint density at radius 3 is 2.82 bits per heavy atom. The molecule has 2 heteroatoms. The lowest BCUT2D eigenvalue weighted by Gasteiger charge is -2.26. The Morgan fingerprint density at radius 1 is 1.18 bits per heavy atom. The van der Waals surface area contributed by atoms with Crippen molar-refractivity contribution in [1.82, 2.24) is 10.6 Å². The maximum Gasteiger partial charge on any atom is 0.0286 e. The molecule has 2 aliphatic heterocycles. The predicted molar refractivity (Wildman–Crippen MR) is 45.6 cm³/mol. The van der Waals surface area contributed by atoms with E-state index in [1.807, 2.05) is 0 Å². The molecule has 2 rings (SSSR count). The summed E-state index contributed by atoms with van der Waals surface area (Å²) in [4.78, 5) is 0. The van der Waals surface area contributed by atoms with Gasteiger partial charge in [-0.1, -0.05) is 6.42 Å². The standard InChI is InChI=1S/C9H17N2/c1-2-5-11-9(3-1)8-4-6-10-7-8/h8-10H,1-7H2. The molecular formula is C9H17N2. The lowest BCUT2D eigenvalue weighted by atomic mass is 9.92. The second-order valence-electron chi connectivity index (χ2n) is 3.72. The Labute approximate surface area is 68.7 Å². The van der Waals surface area contributed by atoms with E-state index in [1.165, 1.54) is 38.8 Å². The quantitative estimate of drug-likeness (QED) is 0.591. The Bertz CT molecular complexity index is 113. The zero-order chi connectivity index (χ0) is 7.52. The minimum atomic E-state index is 0.707. The summed E-state index contributed by atoms with van der Waals surface area (Å²) in [6, 6.07) is 0.707. The fraction of sp³-hybridized carbons (Fsp3) is 1.00. The highest BCUT2D eigenvalue weighted by molar-refractivity contribution is 4.84. The monoisotopic (exact) mass is 153 g/mol. The first kappa shape index (κ1) is 7.56. The van der Waals surface area contributed by atoms with Crippen LogP contribution in [0.5, 0.6) is 0 Å². The van der Waals surface area contributed by atoms with Crippen LogP contribution in [0, 0.1) is 5.92 Å². The van der Waals surface area contributed by atoms with E-state index in [0.717, 1.165) is 12.5 Å². The smallest absolute Gasteiger partial charge is 0.0286 e. The summed E-state index contributed by atoms with van der Waals surface area (Å²) < 4.78 is 0. The molecule has 2 saturated heterocycles. The van der Waals surface area contributed by atoms with Crippen LogP contribution in [0.4, 0.5) is 0 Å². The highest BCUT2D eigenvalue weighted by atomic mass is 15.0. The van der Waals surface area contributed by atoms with Crippen molar-refractivity contribution in [2.75, 3.05) is 19.6 Å². The van der Waals surface area contributed by atoms with Crippen molar-refractivity contribution in [3.05, 3.63) is 0 Å². The minimum absolute atomic E-state index is 0.707. The van der Waals surface area contributed by atoms with Crippen LogP contribution in [0.1, 0.15) is 25.7 Å². The van der Waals surface area contributed by atoms with E-state index in [2.05, 4.69) is 10.6 Å². The molecule has 0 bridgehead atoms. The lowest BCUT2D eigenvalue weighted by molar-refractivity contribution is 0.303. The molecule has 0 aromatic rings. The van der Waals surface area contributed by atoms with Gasteiger partial charge in [-0.15, -0.1) is 0 Å². The van der Waals surface area contributed by atoms with Gasteiger partial charge >= 0.3 is 0 Å². The number of hydrogen-bond acceptors (Lipinski definition) is 1. The summed E-state index contributed by atoms with van der Waals surface area (Å²) in [6.45, 7) is 3.56. The summed E-state index contributed by atoms with van der Waals surface area (Å²) >= 11 is 0. The molecular weight excluding hydrogens is 136 g/mol. The van der Waals surface area contributed by atoms with Crippen LogP contribution < -0.4 is 10.6 Å². The van der Waals surface area contributed by atoms with Crippen molar-refractivity contribution in [1.29, 1.82) is 0 Å². The van der Waals surface area contributed by atoms with Crippen LogP contribution in [0.2, 0.25) is 0 Å². The molecule has 1 radical (unpaired) electrons. The number of hydrogen-bond donors (Lipinski definition) is 1. The molecule has 11 heavy (non-hydrogen) atoms. The molecule has 0 spiro atoms. The van der Waals surface area contributed by atoms with Crippen LogP contribution in [0.3, 0.4) is 0 Å². The van der Waals surface area contributed by atoms with Crippen LogP contribution >= 0.6 is 0 Å². The molecule has 2 atom stereocenters. The molecule has 2 nitrogen and oxygen atoms in total. The lowest BCUT2D eigenvalue weighted by Crippen LogP contribution is -2.35. The van der Waals surface area contributed by atoms with Gasteiger partial charge in [0.15, 0.2) is 0 Å². The molecule has 0 aromatic carbocycles. The highest BCUT2D eigenvalue weighted by Gasteiger charge is 2.26. The van der Waals surface area contributed by atoms with E-state index < -0.39 is 0 Å². The summed E-state index contributed by atoms with van der Waals surface area (Å²) in [5.74, 6) is 0.871. The summed E-state index contributed by atoms with van der Waals surface area (Å²) in [5, 5.41) is 8.08. The molecule has 2 fully saturated rings. The van der Waals surface area contributed by atoms with Crippen LogP contribution in [0.25, 0.3) is 0 Å². The van der Waals surface area contributed by atoms with Crippen molar-refractivity contribution < 1.29 is 0 Å². The molecule has 0 amide bonds. The summed E-state index contributed by atoms with van der Waals surface area (Å²) in [7, 11) is 0. The Hall–Kier alpha value is -0.0800. The summed E-state index contributed by atoms with van der Waals surface area (Å²) in [5.41, 5.74) is 0. The van der Waals surface area contributed by atoms with E-state index in [4.69, 9.17) is 0 Å². The van der Waals surface area contributed by atoms with E-state index >= 15 is 0 Å². The van der Waals surface area contributed by atoms with Gasteiger partial charge in [-0.2, -0.15) is 0 Å². The van der Waals surface area contributed by atoms with Gasteiger partial charge in [-0.3, -0.25) is 0 Å². The number of rotatable bonds is 1. The van der Waals surface area contributed by atoms with Crippen molar-refractivity contribution in [3.63, 3.8) is 0 Å². The zero-order valence-electron chi connectivity index (χ0n) is 7.05. The van der Waals surface area contributed by atoms with Gasteiger partial charge < -0.3 is 5.32 Å². The third-order valence-electron chi connectivity index (χ3n) is 2.91. The molecule has 63 valence electrons. The average molecular weight is 153 g/mol. The number of piperidine rings is 1. The van der Waals surface area contributed by atoms with Gasteiger partial charge in [0.25, 0.3) is 0 Å². The largest absolute Gasteiger partial charge is 0.316 e. The predicted octanol–water partition coefficient (Wildman–Crippen LogP) is 0.753. The van der Waals surface area contributed by atoms with E-state index in [1.54, 1.807) is 0 Å². The fourth-order valence-electron chi connectivity index (χ4n) is 2.20. The average Bonchev–Trinajstić information content (AvgIpc) is 2.58. The first-order valence-electron chi connectivity index (χ1n) is 4.84. The van der Waals surface area contributed by atoms with Gasteiger partial charge in [0.1, 0.15) is 0 Å². The van der Waals surface area contributed by atoms with Crippen molar-refractivity contribution in [2.24, 2.45) is 5.92 Å².